The Morgan fingerprint density at radius 3 is 2.44 bits per heavy atom. The van der Waals surface area contributed by atoms with Gasteiger partial charge in [-0.3, -0.25) is 9.59 Å². The molecule has 11 heteroatoms. The normalized spacial score (nSPS) is 16.9. The van der Waals surface area contributed by atoms with E-state index in [0.717, 1.165) is 17.4 Å². The lowest BCUT2D eigenvalue weighted by atomic mass is 9.92. The average Bonchev–Trinajstić information content (AvgIpc) is 3.48. The van der Waals surface area contributed by atoms with E-state index in [-0.39, 0.29) is 17.1 Å². The number of Topliss-reactive ketones (excluding diaryl/α,β-unsaturated/α-hetero) is 1. The van der Waals surface area contributed by atoms with E-state index in [4.69, 9.17) is 20.3 Å². The zero-order valence-electron chi connectivity index (χ0n) is 24.0. The van der Waals surface area contributed by atoms with Crippen LogP contribution in [0.4, 0.5) is 0 Å². The third kappa shape index (κ3) is 6.85. The van der Waals surface area contributed by atoms with E-state index < -0.39 is 33.9 Å². The van der Waals surface area contributed by atoms with Crippen LogP contribution in [0.25, 0.3) is 22.2 Å². The van der Waals surface area contributed by atoms with Gasteiger partial charge in [-0.25, -0.2) is 18.1 Å². The summed E-state index contributed by atoms with van der Waals surface area (Å²) in [6.07, 6.45) is 1.30. The quantitative estimate of drug-likeness (QED) is 0.260. The first-order chi connectivity index (χ1) is 20.7. The molecule has 4 aromatic rings. The zero-order chi connectivity index (χ0) is 30.6. The number of hydrogen-bond donors (Lipinski definition) is 2. The van der Waals surface area contributed by atoms with Crippen LogP contribution in [0.3, 0.4) is 0 Å². The Balaban J connectivity index is 1.31. The lowest BCUT2D eigenvalue weighted by Crippen LogP contribution is -2.46. The van der Waals surface area contributed by atoms with Gasteiger partial charge < -0.3 is 15.3 Å². The molecule has 0 bridgehead atoms. The van der Waals surface area contributed by atoms with Gasteiger partial charge in [-0.05, 0) is 43.5 Å². The Bertz CT molecular complexity index is 1720. The molecule has 1 fully saturated rings. The molecular weight excluding hydrogens is 568 g/mol. The molecule has 2 heterocycles. The predicted octanol–water partition coefficient (Wildman–Crippen LogP) is 4.10. The van der Waals surface area contributed by atoms with Gasteiger partial charge in [0.25, 0.3) is 15.9 Å². The number of rotatable bonds is 11. The second-order valence-corrected chi connectivity index (χ2v) is 12.3. The topological polar surface area (TPSA) is 141 Å². The van der Waals surface area contributed by atoms with Crippen LogP contribution in [-0.4, -0.2) is 55.9 Å². The molecule has 43 heavy (non-hydrogen) atoms. The van der Waals surface area contributed by atoms with E-state index in [0.29, 0.717) is 35.7 Å². The molecule has 0 saturated carbocycles. The molecule has 0 aliphatic carbocycles. The van der Waals surface area contributed by atoms with Crippen molar-refractivity contribution in [3.05, 3.63) is 84.9 Å². The van der Waals surface area contributed by atoms with Crippen LogP contribution < -0.4 is 20.0 Å². The molecule has 224 valence electrons. The lowest BCUT2D eigenvalue weighted by molar-refractivity contribution is -0.140. The largest absolute Gasteiger partial charge is 0.497 e. The number of sulfonamides is 1. The number of methoxy groups -OCH3 is 1. The molecule has 10 nitrogen and oxygen atoms in total. The smallest absolute Gasteiger partial charge is 0.264 e. The van der Waals surface area contributed by atoms with Gasteiger partial charge in [0.1, 0.15) is 11.8 Å². The number of nitrogens with two attached hydrogens (primary N) is 1. The van der Waals surface area contributed by atoms with Crippen LogP contribution in [0.15, 0.2) is 89.8 Å². The molecule has 0 radical (unpaired) electrons. The standard InChI is InChI=1S/C32H34N4O6S/c1-21(18-26(33)32(38)35-43(39,40)24-12-7-4-8-13-24)31(37)29-14-9-17-36(29)42-30-20-27(22-10-5-3-6-11-22)34-28-19-23(41-2)15-16-25(28)30/h3-8,10-13,15-16,19-21,26,29H,9,14,17-18,33H2,1-2H3,(H,35,38)/t21-,26+,29+/m1/s1. The number of benzene rings is 3. The second-order valence-electron chi connectivity index (χ2n) is 10.6. The van der Waals surface area contributed by atoms with Gasteiger partial charge in [0.2, 0.25) is 0 Å². The van der Waals surface area contributed by atoms with Gasteiger partial charge in [0, 0.05) is 35.5 Å². The van der Waals surface area contributed by atoms with Gasteiger partial charge in [0.15, 0.2) is 11.5 Å². The first-order valence-corrected chi connectivity index (χ1v) is 15.5. The number of carbonyl (C=O) groups is 2. The first kappa shape index (κ1) is 30.1. The molecule has 3 N–H and O–H groups in total. The summed E-state index contributed by atoms with van der Waals surface area (Å²) in [6.45, 7) is 2.23. The number of ether oxygens (including phenoxy) is 1. The maximum absolute atomic E-state index is 13.6. The van der Waals surface area contributed by atoms with Crippen LogP contribution in [0, 0.1) is 5.92 Å². The molecule has 1 amide bonds. The fraction of sp³-hybridized carbons (Fsp3) is 0.281. The number of carbonyl (C=O) groups excluding carboxylic acids is 2. The molecule has 0 unspecified atom stereocenters. The summed E-state index contributed by atoms with van der Waals surface area (Å²) in [6, 6.07) is 23.0. The highest BCUT2D eigenvalue weighted by Crippen LogP contribution is 2.34. The van der Waals surface area contributed by atoms with Crippen molar-refractivity contribution in [1.82, 2.24) is 14.8 Å². The van der Waals surface area contributed by atoms with E-state index in [1.807, 2.05) is 59.3 Å². The van der Waals surface area contributed by atoms with Gasteiger partial charge in [-0.2, -0.15) is 0 Å². The third-order valence-corrected chi connectivity index (χ3v) is 8.88. The van der Waals surface area contributed by atoms with Crippen LogP contribution in [0.5, 0.6) is 11.5 Å². The fourth-order valence-corrected chi connectivity index (χ4v) is 6.24. The summed E-state index contributed by atoms with van der Waals surface area (Å²) >= 11 is 0. The highest BCUT2D eigenvalue weighted by molar-refractivity contribution is 7.90. The molecule has 1 saturated heterocycles. The number of hydroxylamine groups is 2. The summed E-state index contributed by atoms with van der Waals surface area (Å²) in [5.74, 6) is -0.393. The van der Waals surface area contributed by atoms with Crippen LogP contribution in [-0.2, 0) is 19.6 Å². The van der Waals surface area contributed by atoms with Crippen molar-refractivity contribution in [3.63, 3.8) is 0 Å². The molecule has 3 aromatic carbocycles. The molecule has 1 aliphatic rings. The van der Waals surface area contributed by atoms with Crippen molar-refractivity contribution in [2.75, 3.05) is 13.7 Å². The Morgan fingerprint density at radius 1 is 1.05 bits per heavy atom. The SMILES string of the molecule is COc1ccc2c(ON3CCC[C@H]3C(=O)[C@H](C)C[C@H](N)C(=O)NS(=O)(=O)c3ccccc3)cc(-c3ccccc3)nc2c1. The maximum Gasteiger partial charge on any atom is 0.264 e. The molecule has 1 aromatic heterocycles. The zero-order valence-corrected chi connectivity index (χ0v) is 24.8. The fourth-order valence-electron chi connectivity index (χ4n) is 5.19. The minimum Gasteiger partial charge on any atom is -0.497 e. The van der Waals surface area contributed by atoms with Crippen molar-refractivity contribution < 1.29 is 27.6 Å². The van der Waals surface area contributed by atoms with E-state index in [2.05, 4.69) is 0 Å². The maximum atomic E-state index is 13.6. The monoisotopic (exact) mass is 602 g/mol. The van der Waals surface area contributed by atoms with Crippen LogP contribution in [0.1, 0.15) is 26.2 Å². The number of ketones is 1. The third-order valence-electron chi connectivity index (χ3n) is 7.51. The Morgan fingerprint density at radius 2 is 1.74 bits per heavy atom. The van der Waals surface area contributed by atoms with Crippen LogP contribution in [0.2, 0.25) is 0 Å². The molecule has 5 rings (SSSR count). The second kappa shape index (κ2) is 12.9. The van der Waals surface area contributed by atoms with Crippen molar-refractivity contribution in [2.45, 2.75) is 43.2 Å². The predicted molar refractivity (Wildman–Crippen MR) is 163 cm³/mol. The number of amides is 1. The highest BCUT2D eigenvalue weighted by Gasteiger charge is 2.36. The number of fused-ring (bicyclic) bond motifs is 1. The van der Waals surface area contributed by atoms with Crippen molar-refractivity contribution in [1.29, 1.82) is 0 Å². The van der Waals surface area contributed by atoms with E-state index in [9.17, 15) is 18.0 Å². The van der Waals surface area contributed by atoms with Crippen molar-refractivity contribution in [3.8, 4) is 22.8 Å². The number of aromatic nitrogens is 1. The molecule has 0 spiro atoms. The molecular formula is C32H34N4O6S. The van der Waals surface area contributed by atoms with Gasteiger partial charge in [0.05, 0.1) is 29.3 Å². The average molecular weight is 603 g/mol. The Hall–Kier alpha value is -4.32. The number of nitrogens with one attached hydrogen (secondary N) is 1. The van der Waals surface area contributed by atoms with E-state index >= 15 is 0 Å². The van der Waals surface area contributed by atoms with Crippen molar-refractivity contribution >= 4 is 32.6 Å². The van der Waals surface area contributed by atoms with Gasteiger partial charge in [-0.1, -0.05) is 55.5 Å². The van der Waals surface area contributed by atoms with Gasteiger partial charge in [-0.15, -0.1) is 5.06 Å². The Kier molecular flexibility index (Phi) is 9.05. The minimum absolute atomic E-state index is 0.0184. The molecule has 3 atom stereocenters. The summed E-state index contributed by atoms with van der Waals surface area (Å²) in [5, 5.41) is 2.45. The minimum atomic E-state index is -4.07. The van der Waals surface area contributed by atoms with Crippen molar-refractivity contribution in [2.24, 2.45) is 11.7 Å². The Labute approximate surface area is 250 Å². The van der Waals surface area contributed by atoms with E-state index in [1.165, 1.54) is 12.1 Å². The summed E-state index contributed by atoms with van der Waals surface area (Å²) in [5.41, 5.74) is 8.39. The summed E-state index contributed by atoms with van der Waals surface area (Å²) in [4.78, 5) is 37.4. The number of hydrogen-bond acceptors (Lipinski definition) is 9. The summed E-state index contributed by atoms with van der Waals surface area (Å²) < 4.78 is 32.5. The lowest BCUT2D eigenvalue weighted by Gasteiger charge is -2.27. The van der Waals surface area contributed by atoms with Crippen LogP contribution >= 0.6 is 0 Å². The highest BCUT2D eigenvalue weighted by atomic mass is 32.2. The molecule has 1 aliphatic heterocycles. The van der Waals surface area contributed by atoms with Gasteiger partial charge >= 0.3 is 0 Å². The first-order valence-electron chi connectivity index (χ1n) is 14.1. The summed E-state index contributed by atoms with van der Waals surface area (Å²) in [7, 11) is -2.48. The number of nitrogens with zero attached hydrogens (tertiary/aromatic N) is 2. The number of pyridine rings is 1. The van der Waals surface area contributed by atoms with E-state index in [1.54, 1.807) is 37.3 Å².